The molecule has 0 aliphatic heterocycles. The highest BCUT2D eigenvalue weighted by molar-refractivity contribution is 7.98. The number of carbonyl (C=O) groups is 1. The number of anilines is 1. The molecule has 1 N–H and O–H groups in total. The van der Waals surface area contributed by atoms with E-state index in [1.807, 2.05) is 30.5 Å². The normalized spacial score (nSPS) is 11.5. The van der Waals surface area contributed by atoms with Crippen molar-refractivity contribution in [3.05, 3.63) is 88.4 Å². The summed E-state index contributed by atoms with van der Waals surface area (Å²) in [7, 11) is -4.08. The van der Waals surface area contributed by atoms with Gasteiger partial charge in [-0.2, -0.15) is 5.10 Å². The third kappa shape index (κ3) is 6.04. The fourth-order valence-corrected chi connectivity index (χ4v) is 5.17. The van der Waals surface area contributed by atoms with Gasteiger partial charge in [0, 0.05) is 9.92 Å². The first-order chi connectivity index (χ1) is 15.3. The van der Waals surface area contributed by atoms with Crippen molar-refractivity contribution < 1.29 is 13.2 Å². The summed E-state index contributed by atoms with van der Waals surface area (Å²) in [4.78, 5) is 13.7. The van der Waals surface area contributed by atoms with Gasteiger partial charge >= 0.3 is 0 Å². The molecule has 1 amide bonds. The number of nitrogens with zero attached hydrogens (tertiary/aromatic N) is 2. The van der Waals surface area contributed by atoms with E-state index in [1.165, 1.54) is 36.5 Å². The Morgan fingerprint density at radius 1 is 1.06 bits per heavy atom. The number of hydrazone groups is 1. The molecule has 0 spiro atoms. The second-order valence-corrected chi connectivity index (χ2v) is 10.1. The van der Waals surface area contributed by atoms with Crippen molar-refractivity contribution in [3.8, 4) is 0 Å². The Kier molecular flexibility index (Phi) is 8.20. The van der Waals surface area contributed by atoms with Crippen molar-refractivity contribution in [2.45, 2.75) is 9.79 Å². The Morgan fingerprint density at radius 3 is 2.38 bits per heavy atom. The summed E-state index contributed by atoms with van der Waals surface area (Å²) < 4.78 is 27.5. The molecule has 0 aromatic heterocycles. The van der Waals surface area contributed by atoms with E-state index in [4.69, 9.17) is 23.2 Å². The molecular weight excluding hydrogens is 489 g/mol. The van der Waals surface area contributed by atoms with Gasteiger partial charge in [-0.25, -0.2) is 13.8 Å². The van der Waals surface area contributed by atoms with Gasteiger partial charge in [-0.05, 0) is 54.3 Å². The van der Waals surface area contributed by atoms with Crippen molar-refractivity contribution in [2.75, 3.05) is 17.1 Å². The molecule has 0 aliphatic rings. The molecule has 6 nitrogen and oxygen atoms in total. The fraction of sp³-hybridized carbons (Fsp3) is 0.0909. The molecular formula is C22H19Cl2N3O3S2. The molecule has 0 saturated heterocycles. The van der Waals surface area contributed by atoms with Crippen LogP contribution in [0.4, 0.5) is 5.69 Å². The van der Waals surface area contributed by atoms with Crippen molar-refractivity contribution in [1.82, 2.24) is 5.43 Å². The first-order valence-corrected chi connectivity index (χ1v) is 12.7. The zero-order chi connectivity index (χ0) is 23.1. The lowest BCUT2D eigenvalue weighted by molar-refractivity contribution is -0.119. The average Bonchev–Trinajstić information content (AvgIpc) is 2.79. The lowest BCUT2D eigenvalue weighted by Gasteiger charge is -2.24. The highest BCUT2D eigenvalue weighted by Crippen LogP contribution is 2.32. The molecule has 0 unspecified atom stereocenters. The zero-order valence-electron chi connectivity index (χ0n) is 16.9. The zero-order valence-corrected chi connectivity index (χ0v) is 20.0. The second-order valence-electron chi connectivity index (χ2n) is 6.49. The summed E-state index contributed by atoms with van der Waals surface area (Å²) in [5.41, 5.74) is 3.29. The van der Waals surface area contributed by atoms with Crippen LogP contribution >= 0.6 is 35.0 Å². The van der Waals surface area contributed by atoms with Gasteiger partial charge in [0.25, 0.3) is 15.9 Å². The smallest absolute Gasteiger partial charge is 0.264 e. The third-order valence-electron chi connectivity index (χ3n) is 4.32. The maximum Gasteiger partial charge on any atom is 0.264 e. The summed E-state index contributed by atoms with van der Waals surface area (Å²) >= 11 is 13.8. The lowest BCUT2D eigenvalue weighted by atomic mass is 10.2. The number of amides is 1. The van der Waals surface area contributed by atoms with E-state index in [0.29, 0.717) is 5.02 Å². The SMILES string of the molecule is CSc1ccc(/C=N\NC(=O)CN(c2ccc(Cl)cc2Cl)S(=O)(=O)c2ccccc2)cc1. The maximum absolute atomic E-state index is 13.3. The van der Waals surface area contributed by atoms with Gasteiger partial charge in [-0.15, -0.1) is 11.8 Å². The molecule has 32 heavy (non-hydrogen) atoms. The van der Waals surface area contributed by atoms with Crippen molar-refractivity contribution in [1.29, 1.82) is 0 Å². The van der Waals surface area contributed by atoms with Crippen LogP contribution in [0.1, 0.15) is 5.56 Å². The van der Waals surface area contributed by atoms with E-state index in [9.17, 15) is 13.2 Å². The molecule has 3 aromatic carbocycles. The monoisotopic (exact) mass is 507 g/mol. The molecule has 10 heteroatoms. The minimum Gasteiger partial charge on any atom is -0.271 e. The van der Waals surface area contributed by atoms with Gasteiger partial charge in [0.1, 0.15) is 6.54 Å². The quantitative estimate of drug-likeness (QED) is 0.262. The van der Waals surface area contributed by atoms with Crippen LogP contribution < -0.4 is 9.73 Å². The molecule has 3 rings (SSSR count). The van der Waals surface area contributed by atoms with Gasteiger partial charge in [0.2, 0.25) is 0 Å². The number of halogens is 2. The van der Waals surface area contributed by atoms with Crippen LogP contribution in [-0.2, 0) is 14.8 Å². The lowest BCUT2D eigenvalue weighted by Crippen LogP contribution is -2.39. The number of thioether (sulfide) groups is 1. The number of carbonyl (C=O) groups excluding carboxylic acids is 1. The largest absolute Gasteiger partial charge is 0.271 e. The Bertz CT molecular complexity index is 1220. The number of sulfonamides is 1. The summed E-state index contributed by atoms with van der Waals surface area (Å²) in [5, 5.41) is 4.37. The maximum atomic E-state index is 13.3. The molecule has 3 aromatic rings. The first kappa shape index (κ1) is 24.1. The summed E-state index contributed by atoms with van der Waals surface area (Å²) in [6.07, 6.45) is 3.46. The van der Waals surface area contributed by atoms with Crippen LogP contribution in [0.3, 0.4) is 0 Å². The molecule has 0 radical (unpaired) electrons. The van der Waals surface area contributed by atoms with Crippen LogP contribution in [0.5, 0.6) is 0 Å². The number of benzene rings is 3. The second kappa shape index (κ2) is 10.9. The summed E-state index contributed by atoms with van der Waals surface area (Å²) in [6.45, 7) is -0.526. The predicted molar refractivity (Wildman–Crippen MR) is 131 cm³/mol. The highest BCUT2D eigenvalue weighted by atomic mass is 35.5. The van der Waals surface area contributed by atoms with Gasteiger partial charge in [-0.3, -0.25) is 9.10 Å². The predicted octanol–water partition coefficient (Wildman–Crippen LogP) is 5.06. The van der Waals surface area contributed by atoms with Gasteiger partial charge in [0.05, 0.1) is 21.8 Å². The Labute approximate surface area is 201 Å². The van der Waals surface area contributed by atoms with Crippen LogP contribution in [0.15, 0.2) is 87.7 Å². The Hall–Kier alpha value is -2.52. The minimum absolute atomic E-state index is 0.0243. The fourth-order valence-electron chi connectivity index (χ4n) is 2.74. The number of hydrogen-bond acceptors (Lipinski definition) is 5. The molecule has 0 saturated carbocycles. The van der Waals surface area contributed by atoms with E-state index in [1.54, 1.807) is 30.0 Å². The van der Waals surface area contributed by atoms with Crippen molar-refractivity contribution in [2.24, 2.45) is 5.10 Å². The van der Waals surface area contributed by atoms with Crippen LogP contribution in [0.2, 0.25) is 10.0 Å². The van der Waals surface area contributed by atoms with Crippen LogP contribution in [0.25, 0.3) is 0 Å². The number of nitrogens with one attached hydrogen (secondary N) is 1. The summed E-state index contributed by atoms with van der Waals surface area (Å²) in [5.74, 6) is -0.632. The average molecular weight is 508 g/mol. The molecule has 0 bridgehead atoms. The molecule has 0 aliphatic carbocycles. The Balaban J connectivity index is 1.83. The summed E-state index contributed by atoms with van der Waals surface area (Å²) in [6, 6.07) is 19.8. The number of rotatable bonds is 8. The standard InChI is InChI=1S/C22H19Cl2N3O3S2/c1-31-18-10-7-16(8-11-18)14-25-26-22(28)15-27(21-12-9-17(23)13-20(21)24)32(29,30)19-5-3-2-4-6-19/h2-14H,15H2,1H3,(H,26,28)/b25-14-. The van der Waals surface area contributed by atoms with Crippen LogP contribution in [0, 0.1) is 0 Å². The molecule has 0 fully saturated rings. The van der Waals surface area contributed by atoms with Crippen molar-refractivity contribution in [3.63, 3.8) is 0 Å². The third-order valence-corrected chi connectivity index (χ3v) is 7.37. The van der Waals surface area contributed by atoms with Crippen LogP contribution in [-0.4, -0.2) is 33.3 Å². The van der Waals surface area contributed by atoms with Gasteiger partial charge in [0.15, 0.2) is 0 Å². The Morgan fingerprint density at radius 2 is 1.75 bits per heavy atom. The topological polar surface area (TPSA) is 78.8 Å². The molecule has 0 atom stereocenters. The van der Waals surface area contributed by atoms with Gasteiger partial charge < -0.3 is 0 Å². The van der Waals surface area contributed by atoms with E-state index < -0.39 is 22.5 Å². The van der Waals surface area contributed by atoms with Crippen molar-refractivity contribution >= 4 is 62.8 Å². The van der Waals surface area contributed by atoms with E-state index in [-0.39, 0.29) is 15.6 Å². The highest BCUT2D eigenvalue weighted by Gasteiger charge is 2.28. The molecule has 0 heterocycles. The van der Waals surface area contributed by atoms with Gasteiger partial charge in [-0.1, -0.05) is 53.5 Å². The van der Waals surface area contributed by atoms with E-state index >= 15 is 0 Å². The van der Waals surface area contributed by atoms with E-state index in [2.05, 4.69) is 10.5 Å². The first-order valence-electron chi connectivity index (χ1n) is 9.30. The minimum atomic E-state index is -4.08. The number of hydrogen-bond donors (Lipinski definition) is 1. The molecule has 166 valence electrons. The van der Waals surface area contributed by atoms with E-state index in [0.717, 1.165) is 14.8 Å².